The number of para-hydroxylation sites is 2. The summed E-state index contributed by atoms with van der Waals surface area (Å²) in [6, 6.07) is 16.2. The number of hydrogen-bond acceptors (Lipinski definition) is 3. The van der Waals surface area contributed by atoms with Crippen LogP contribution in [-0.4, -0.2) is 34.1 Å². The predicted octanol–water partition coefficient (Wildman–Crippen LogP) is 2.90. The van der Waals surface area contributed by atoms with E-state index in [1.807, 2.05) is 59.4 Å². The van der Waals surface area contributed by atoms with Gasteiger partial charge >= 0.3 is 0 Å². The summed E-state index contributed by atoms with van der Waals surface area (Å²) >= 11 is 0. The van der Waals surface area contributed by atoms with Crippen molar-refractivity contribution in [1.29, 1.82) is 0 Å². The maximum Gasteiger partial charge on any atom is 0.251 e. The summed E-state index contributed by atoms with van der Waals surface area (Å²) in [6.45, 7) is 3.15. The molecule has 128 valence electrons. The molecule has 2 aromatic carbocycles. The molecule has 1 aliphatic rings. The van der Waals surface area contributed by atoms with Gasteiger partial charge in [0, 0.05) is 23.3 Å². The van der Waals surface area contributed by atoms with Gasteiger partial charge in [0.15, 0.2) is 0 Å². The molecule has 2 atom stereocenters. The number of rotatable bonds is 3. The summed E-state index contributed by atoms with van der Waals surface area (Å²) in [7, 11) is 0. The number of fused-ring (bicyclic) bond motifs is 1. The number of aromatic nitrogens is 2. The topological polar surface area (TPSA) is 58.9 Å². The van der Waals surface area contributed by atoms with Crippen molar-refractivity contribution >= 4 is 16.9 Å². The van der Waals surface area contributed by atoms with Gasteiger partial charge in [0.2, 0.25) is 0 Å². The van der Waals surface area contributed by atoms with Crippen molar-refractivity contribution in [1.82, 2.24) is 20.2 Å². The Balaban J connectivity index is 1.52. The maximum absolute atomic E-state index is 12.5. The van der Waals surface area contributed by atoms with Crippen molar-refractivity contribution in [2.45, 2.75) is 31.8 Å². The van der Waals surface area contributed by atoms with E-state index in [-0.39, 0.29) is 11.9 Å². The van der Waals surface area contributed by atoms with Crippen LogP contribution < -0.4 is 10.6 Å². The van der Waals surface area contributed by atoms with E-state index in [2.05, 4.69) is 22.5 Å². The fraction of sp³-hybridized carbons (Fsp3) is 0.300. The molecule has 2 heterocycles. The largest absolute Gasteiger partial charge is 0.348 e. The molecule has 3 aromatic rings. The van der Waals surface area contributed by atoms with Crippen molar-refractivity contribution in [2.24, 2.45) is 0 Å². The van der Waals surface area contributed by atoms with Gasteiger partial charge in [0.25, 0.3) is 5.91 Å². The first-order valence-electron chi connectivity index (χ1n) is 8.79. The normalized spacial score (nSPS) is 20.5. The Morgan fingerprint density at radius 3 is 2.80 bits per heavy atom. The molecule has 0 radical (unpaired) electrons. The molecule has 0 bridgehead atoms. The lowest BCUT2D eigenvalue weighted by atomic mass is 9.99. The van der Waals surface area contributed by atoms with Crippen LogP contribution in [0, 0.1) is 0 Å². The first kappa shape index (κ1) is 15.8. The zero-order valence-electron chi connectivity index (χ0n) is 14.3. The summed E-state index contributed by atoms with van der Waals surface area (Å²) < 4.78 is 2.03. The minimum Gasteiger partial charge on any atom is -0.348 e. The van der Waals surface area contributed by atoms with Crippen LogP contribution in [0.25, 0.3) is 16.7 Å². The van der Waals surface area contributed by atoms with Gasteiger partial charge in [-0.15, -0.1) is 0 Å². The van der Waals surface area contributed by atoms with Crippen molar-refractivity contribution in [3.05, 3.63) is 60.4 Å². The highest BCUT2D eigenvalue weighted by Gasteiger charge is 2.22. The molecule has 5 nitrogen and oxygen atoms in total. The van der Waals surface area contributed by atoms with Gasteiger partial charge in [-0.25, -0.2) is 4.98 Å². The second-order valence-electron chi connectivity index (χ2n) is 6.62. The molecule has 0 aliphatic carbocycles. The lowest BCUT2D eigenvalue weighted by molar-refractivity contribution is 0.0920. The van der Waals surface area contributed by atoms with E-state index in [9.17, 15) is 4.79 Å². The van der Waals surface area contributed by atoms with Gasteiger partial charge < -0.3 is 10.6 Å². The number of hydrogen-bond donors (Lipinski definition) is 2. The lowest BCUT2D eigenvalue weighted by Gasteiger charge is -2.30. The monoisotopic (exact) mass is 334 g/mol. The van der Waals surface area contributed by atoms with Crippen LogP contribution in [0.5, 0.6) is 0 Å². The van der Waals surface area contributed by atoms with E-state index < -0.39 is 0 Å². The third-order valence-corrected chi connectivity index (χ3v) is 4.94. The number of carbonyl (C=O) groups is 1. The quantitative estimate of drug-likeness (QED) is 0.774. The fourth-order valence-corrected chi connectivity index (χ4v) is 3.43. The SMILES string of the molecule is CC1NCCCC1NC(=O)c1ccc(-n2cnc3ccccc32)cc1. The number of carbonyl (C=O) groups excluding carboxylic acids is 1. The highest BCUT2D eigenvalue weighted by Crippen LogP contribution is 2.18. The number of imidazole rings is 1. The van der Waals surface area contributed by atoms with Crippen LogP contribution in [-0.2, 0) is 0 Å². The molecule has 0 saturated carbocycles. The second kappa shape index (κ2) is 6.69. The Morgan fingerprint density at radius 1 is 1.20 bits per heavy atom. The molecule has 1 amide bonds. The van der Waals surface area contributed by atoms with Crippen LogP contribution in [0.4, 0.5) is 0 Å². The van der Waals surface area contributed by atoms with Crippen LogP contribution in [0.1, 0.15) is 30.1 Å². The Kier molecular flexibility index (Phi) is 4.24. The Hall–Kier alpha value is -2.66. The van der Waals surface area contributed by atoms with E-state index in [1.54, 1.807) is 0 Å². The van der Waals surface area contributed by atoms with Gasteiger partial charge in [0.05, 0.1) is 11.0 Å². The van der Waals surface area contributed by atoms with Crippen molar-refractivity contribution in [3.8, 4) is 5.69 Å². The molecule has 4 rings (SSSR count). The molecule has 25 heavy (non-hydrogen) atoms. The fourth-order valence-electron chi connectivity index (χ4n) is 3.43. The van der Waals surface area contributed by atoms with E-state index >= 15 is 0 Å². The third-order valence-electron chi connectivity index (χ3n) is 4.94. The first-order chi connectivity index (χ1) is 12.2. The first-order valence-corrected chi connectivity index (χ1v) is 8.79. The molecular formula is C20H22N4O. The molecule has 1 aliphatic heterocycles. The lowest BCUT2D eigenvalue weighted by Crippen LogP contribution is -2.51. The molecule has 2 unspecified atom stereocenters. The van der Waals surface area contributed by atoms with E-state index in [0.717, 1.165) is 36.1 Å². The standard InChI is InChI=1S/C20H22N4O/c1-14-17(6-4-12-21-14)23-20(25)15-8-10-16(11-9-15)24-13-22-18-5-2-3-7-19(18)24/h2-3,5,7-11,13-14,17,21H,4,6,12H2,1H3,(H,23,25). The summed E-state index contributed by atoms with van der Waals surface area (Å²) in [5, 5.41) is 6.56. The van der Waals surface area contributed by atoms with Gasteiger partial charge in [-0.05, 0) is 62.7 Å². The van der Waals surface area contributed by atoms with Crippen LogP contribution in [0.15, 0.2) is 54.9 Å². The maximum atomic E-state index is 12.5. The number of nitrogens with zero attached hydrogens (tertiary/aromatic N) is 2. The van der Waals surface area contributed by atoms with E-state index in [4.69, 9.17) is 0 Å². The smallest absolute Gasteiger partial charge is 0.251 e. The molecule has 1 saturated heterocycles. The average Bonchev–Trinajstić information content (AvgIpc) is 3.08. The molecule has 1 fully saturated rings. The summed E-state index contributed by atoms with van der Waals surface area (Å²) in [5.74, 6) is -0.0115. The molecule has 1 aromatic heterocycles. The van der Waals surface area contributed by atoms with E-state index in [0.29, 0.717) is 11.6 Å². The van der Waals surface area contributed by atoms with Crippen molar-refractivity contribution in [2.75, 3.05) is 6.54 Å². The van der Waals surface area contributed by atoms with E-state index in [1.165, 1.54) is 0 Å². The summed E-state index contributed by atoms with van der Waals surface area (Å²) in [5.41, 5.74) is 3.70. The zero-order chi connectivity index (χ0) is 17.2. The highest BCUT2D eigenvalue weighted by atomic mass is 16.1. The minimum absolute atomic E-state index is 0.0115. The predicted molar refractivity (Wildman–Crippen MR) is 99.0 cm³/mol. The number of nitrogens with one attached hydrogen (secondary N) is 2. The Labute approximate surface area is 147 Å². The second-order valence-corrected chi connectivity index (χ2v) is 6.62. The Bertz CT molecular complexity index is 884. The minimum atomic E-state index is -0.0115. The summed E-state index contributed by atoms with van der Waals surface area (Å²) in [6.07, 6.45) is 3.94. The van der Waals surface area contributed by atoms with Crippen LogP contribution >= 0.6 is 0 Å². The zero-order valence-corrected chi connectivity index (χ0v) is 14.3. The molecule has 0 spiro atoms. The van der Waals surface area contributed by atoms with Gasteiger partial charge in [-0.1, -0.05) is 12.1 Å². The Morgan fingerprint density at radius 2 is 2.00 bits per heavy atom. The van der Waals surface area contributed by atoms with Crippen LogP contribution in [0.2, 0.25) is 0 Å². The van der Waals surface area contributed by atoms with Gasteiger partial charge in [-0.3, -0.25) is 9.36 Å². The number of piperidine rings is 1. The average molecular weight is 334 g/mol. The van der Waals surface area contributed by atoms with Gasteiger partial charge in [-0.2, -0.15) is 0 Å². The van der Waals surface area contributed by atoms with Crippen LogP contribution in [0.3, 0.4) is 0 Å². The van der Waals surface area contributed by atoms with Gasteiger partial charge in [0.1, 0.15) is 6.33 Å². The molecule has 2 N–H and O–H groups in total. The molecule has 5 heteroatoms. The number of amides is 1. The highest BCUT2D eigenvalue weighted by molar-refractivity contribution is 5.94. The third kappa shape index (κ3) is 3.15. The number of benzene rings is 2. The van der Waals surface area contributed by atoms with Crippen molar-refractivity contribution in [3.63, 3.8) is 0 Å². The molecular weight excluding hydrogens is 312 g/mol. The van der Waals surface area contributed by atoms with Crippen molar-refractivity contribution < 1.29 is 4.79 Å². The summed E-state index contributed by atoms with van der Waals surface area (Å²) in [4.78, 5) is 16.9.